The van der Waals surface area contributed by atoms with Crippen LogP contribution in [0.25, 0.3) is 6.08 Å². The first kappa shape index (κ1) is 9.99. The van der Waals surface area contributed by atoms with Crippen LogP contribution >= 0.6 is 0 Å². The van der Waals surface area contributed by atoms with E-state index in [9.17, 15) is 0 Å². The zero-order valence-electron chi connectivity index (χ0n) is 7.22. The van der Waals surface area contributed by atoms with Gasteiger partial charge in [0.1, 0.15) is 0 Å². The topological polar surface area (TPSA) is 66.5 Å². The van der Waals surface area contributed by atoms with Crippen LogP contribution in [-0.2, 0) is 6.54 Å². The third kappa shape index (κ3) is 3.42. The van der Waals surface area contributed by atoms with Gasteiger partial charge in [0.15, 0.2) is 0 Å². The Morgan fingerprint density at radius 1 is 1.23 bits per heavy atom. The van der Waals surface area contributed by atoms with Crippen LogP contribution in [0.2, 0.25) is 0 Å². The first-order valence-corrected chi connectivity index (χ1v) is 4.05. The van der Waals surface area contributed by atoms with Gasteiger partial charge in [-0.2, -0.15) is 0 Å². The molecule has 0 amide bonds. The van der Waals surface area contributed by atoms with Crippen LogP contribution in [0, 0.1) is 0 Å². The normalized spacial score (nSPS) is 10.7. The lowest BCUT2D eigenvalue weighted by atomic mass is 9.91. The van der Waals surface area contributed by atoms with Gasteiger partial charge >= 0.3 is 7.12 Å². The molecule has 0 aromatic heterocycles. The fourth-order valence-electron chi connectivity index (χ4n) is 0.962. The molecule has 1 aromatic carbocycles. The lowest BCUT2D eigenvalue weighted by Gasteiger charge is -1.96. The molecule has 0 spiro atoms. The third-order valence-electron chi connectivity index (χ3n) is 1.68. The highest BCUT2D eigenvalue weighted by molar-refractivity contribution is 6.48. The van der Waals surface area contributed by atoms with E-state index in [-0.39, 0.29) is 0 Å². The van der Waals surface area contributed by atoms with Crippen LogP contribution in [0.4, 0.5) is 0 Å². The molecule has 0 unspecified atom stereocenters. The van der Waals surface area contributed by atoms with Crippen LogP contribution in [0.3, 0.4) is 0 Å². The van der Waals surface area contributed by atoms with Gasteiger partial charge in [0.25, 0.3) is 0 Å². The van der Waals surface area contributed by atoms with Gasteiger partial charge in [-0.3, -0.25) is 0 Å². The first-order chi connectivity index (χ1) is 6.22. The molecule has 0 saturated carbocycles. The smallest absolute Gasteiger partial charge is 0.424 e. The standard InChI is InChI=1S/C9H12BNO2/c11-7-9-3-1-8(2-4-9)5-6-10(12)13/h1-6,12-13H,7,11H2/b6-5+. The molecule has 0 saturated heterocycles. The van der Waals surface area contributed by atoms with E-state index in [2.05, 4.69) is 0 Å². The molecule has 0 radical (unpaired) electrons. The van der Waals surface area contributed by atoms with Crippen LogP contribution in [0.1, 0.15) is 11.1 Å². The van der Waals surface area contributed by atoms with Crippen molar-refractivity contribution in [2.24, 2.45) is 5.73 Å². The molecule has 0 aliphatic rings. The Labute approximate surface area is 77.7 Å². The van der Waals surface area contributed by atoms with E-state index in [1.54, 1.807) is 6.08 Å². The molecule has 1 rings (SSSR count). The summed E-state index contributed by atoms with van der Waals surface area (Å²) in [5.74, 6) is 1.30. The summed E-state index contributed by atoms with van der Waals surface area (Å²) < 4.78 is 0. The summed E-state index contributed by atoms with van der Waals surface area (Å²) >= 11 is 0. The van der Waals surface area contributed by atoms with Crippen molar-refractivity contribution in [1.29, 1.82) is 0 Å². The molecule has 68 valence electrons. The molecule has 1 aromatic rings. The van der Waals surface area contributed by atoms with Gasteiger partial charge in [-0.25, -0.2) is 0 Å². The maximum Gasteiger partial charge on any atom is 0.480 e. The average molecular weight is 177 g/mol. The second-order valence-electron chi connectivity index (χ2n) is 2.72. The predicted molar refractivity (Wildman–Crippen MR) is 53.6 cm³/mol. The van der Waals surface area contributed by atoms with Gasteiger partial charge in [-0.15, -0.1) is 0 Å². The summed E-state index contributed by atoms with van der Waals surface area (Å²) in [5.41, 5.74) is 7.40. The largest absolute Gasteiger partial charge is 0.480 e. The summed E-state index contributed by atoms with van der Waals surface area (Å²) in [6.07, 6.45) is 1.64. The summed E-state index contributed by atoms with van der Waals surface area (Å²) in [5, 5.41) is 17.1. The van der Waals surface area contributed by atoms with E-state index >= 15 is 0 Å². The molecular weight excluding hydrogens is 165 g/mol. The van der Waals surface area contributed by atoms with Gasteiger partial charge in [-0.1, -0.05) is 36.3 Å². The fraction of sp³-hybridized carbons (Fsp3) is 0.111. The van der Waals surface area contributed by atoms with Crippen molar-refractivity contribution in [3.8, 4) is 0 Å². The van der Waals surface area contributed by atoms with E-state index in [1.807, 2.05) is 24.3 Å². The minimum atomic E-state index is -1.39. The summed E-state index contributed by atoms with van der Waals surface area (Å²) in [6, 6.07) is 7.56. The van der Waals surface area contributed by atoms with Crippen molar-refractivity contribution < 1.29 is 10.0 Å². The van der Waals surface area contributed by atoms with Crippen molar-refractivity contribution in [3.05, 3.63) is 41.4 Å². The summed E-state index contributed by atoms with van der Waals surface area (Å²) in [4.78, 5) is 0. The molecule has 0 atom stereocenters. The third-order valence-corrected chi connectivity index (χ3v) is 1.68. The Morgan fingerprint density at radius 2 is 1.85 bits per heavy atom. The van der Waals surface area contributed by atoms with E-state index in [1.165, 1.54) is 5.98 Å². The van der Waals surface area contributed by atoms with E-state index in [0.29, 0.717) is 6.54 Å². The molecule has 4 N–H and O–H groups in total. The molecule has 0 aliphatic heterocycles. The van der Waals surface area contributed by atoms with E-state index in [4.69, 9.17) is 15.8 Å². The number of hydrogen-bond donors (Lipinski definition) is 3. The highest BCUT2D eigenvalue weighted by Gasteiger charge is 1.97. The molecule has 0 aliphatic carbocycles. The Hall–Kier alpha value is -1.10. The first-order valence-electron chi connectivity index (χ1n) is 4.05. The highest BCUT2D eigenvalue weighted by Crippen LogP contribution is 2.05. The van der Waals surface area contributed by atoms with Crippen molar-refractivity contribution in [2.75, 3.05) is 0 Å². The van der Waals surface area contributed by atoms with Gasteiger partial charge in [0, 0.05) is 6.54 Å². The minimum absolute atomic E-state index is 0.520. The SMILES string of the molecule is NCc1ccc(/C=C/B(O)O)cc1. The van der Waals surface area contributed by atoms with Gasteiger partial charge in [0.2, 0.25) is 0 Å². The lowest BCUT2D eigenvalue weighted by molar-refractivity contribution is 0.424. The Bertz CT molecular complexity index is 282. The molecule has 4 heteroatoms. The maximum atomic E-state index is 8.56. The zero-order valence-corrected chi connectivity index (χ0v) is 7.22. The number of rotatable bonds is 3. The van der Waals surface area contributed by atoms with Gasteiger partial charge in [0.05, 0.1) is 0 Å². The quantitative estimate of drug-likeness (QED) is 0.576. The monoisotopic (exact) mass is 177 g/mol. The van der Waals surface area contributed by atoms with Crippen LogP contribution in [0.15, 0.2) is 30.2 Å². The molecule has 13 heavy (non-hydrogen) atoms. The molecule has 3 nitrogen and oxygen atoms in total. The average Bonchev–Trinajstić information content (AvgIpc) is 2.15. The summed E-state index contributed by atoms with van der Waals surface area (Å²) in [6.45, 7) is 0.520. The van der Waals surface area contributed by atoms with Crippen molar-refractivity contribution >= 4 is 13.2 Å². The molecular formula is C9H12BNO2. The molecule has 0 bridgehead atoms. The zero-order chi connectivity index (χ0) is 9.68. The second kappa shape index (κ2) is 4.82. The van der Waals surface area contributed by atoms with Crippen LogP contribution < -0.4 is 5.73 Å². The van der Waals surface area contributed by atoms with Gasteiger partial charge in [-0.05, 0) is 11.1 Å². The van der Waals surface area contributed by atoms with E-state index in [0.717, 1.165) is 11.1 Å². The van der Waals surface area contributed by atoms with Gasteiger partial charge < -0.3 is 15.8 Å². The maximum absolute atomic E-state index is 8.56. The minimum Gasteiger partial charge on any atom is -0.424 e. The Kier molecular flexibility index (Phi) is 3.70. The second-order valence-corrected chi connectivity index (χ2v) is 2.72. The van der Waals surface area contributed by atoms with E-state index < -0.39 is 7.12 Å². The predicted octanol–water partition coefficient (Wildman–Crippen LogP) is 0.171. The molecule has 0 heterocycles. The Balaban J connectivity index is 2.69. The van der Waals surface area contributed by atoms with Crippen molar-refractivity contribution in [2.45, 2.75) is 6.54 Å². The number of hydrogen-bond acceptors (Lipinski definition) is 3. The molecule has 0 fully saturated rings. The Morgan fingerprint density at radius 3 is 2.31 bits per heavy atom. The number of nitrogens with two attached hydrogens (primary N) is 1. The van der Waals surface area contributed by atoms with Crippen molar-refractivity contribution in [3.63, 3.8) is 0 Å². The van der Waals surface area contributed by atoms with Crippen LogP contribution in [0.5, 0.6) is 0 Å². The van der Waals surface area contributed by atoms with Crippen molar-refractivity contribution in [1.82, 2.24) is 0 Å². The fourth-order valence-corrected chi connectivity index (χ4v) is 0.962. The highest BCUT2D eigenvalue weighted by atomic mass is 16.4. The van der Waals surface area contributed by atoms with Crippen LogP contribution in [-0.4, -0.2) is 17.2 Å². The number of benzene rings is 1. The lowest BCUT2D eigenvalue weighted by Crippen LogP contribution is -2.05. The summed E-state index contributed by atoms with van der Waals surface area (Å²) in [7, 11) is -1.39.